The molecule has 8 nitrogen and oxygen atoms in total. The third kappa shape index (κ3) is 7.72. The molecule has 1 aromatic carbocycles. The average Bonchev–Trinajstić information content (AvgIpc) is 3.06. The van der Waals surface area contributed by atoms with Crippen LogP contribution < -0.4 is 4.74 Å². The van der Waals surface area contributed by atoms with E-state index in [9.17, 15) is 4.57 Å². The minimum Gasteiger partial charge on any atom is -0.494 e. The Balaban J connectivity index is 1.96. The first-order valence-electron chi connectivity index (χ1n) is 10.1. The van der Waals surface area contributed by atoms with Crippen molar-refractivity contribution < 1.29 is 18.3 Å². The maximum atomic E-state index is 12.6. The van der Waals surface area contributed by atoms with E-state index in [0.717, 1.165) is 36.6 Å². The smallest absolute Gasteiger partial charge is 0.332 e. The van der Waals surface area contributed by atoms with Gasteiger partial charge in [-0.05, 0) is 51.5 Å². The largest absolute Gasteiger partial charge is 0.494 e. The number of aromatic nitrogens is 2. The highest BCUT2D eigenvalue weighted by atomic mass is 31.2. The lowest BCUT2D eigenvalue weighted by Gasteiger charge is -2.16. The van der Waals surface area contributed by atoms with E-state index in [2.05, 4.69) is 22.3 Å². The standard InChI is InChI=1S/C20H31N4O4P/c1-5-8-14-26-19-11-9-18(10-12-19)21-22-20-16-24(23-17(20)4)13-15-29(25,27-6-2)28-7-3/h9-12,16H,5-8,13-15H2,1-4H3. The van der Waals surface area contributed by atoms with Crippen LogP contribution in [0, 0.1) is 6.92 Å². The van der Waals surface area contributed by atoms with Crippen molar-refractivity contribution in [3.8, 4) is 5.75 Å². The number of unbranched alkanes of at least 4 members (excludes halogenated alkanes) is 1. The van der Waals surface area contributed by atoms with Gasteiger partial charge in [-0.25, -0.2) is 0 Å². The molecule has 0 bridgehead atoms. The number of aryl methyl sites for hydroxylation is 2. The van der Waals surface area contributed by atoms with Gasteiger partial charge in [0.15, 0.2) is 0 Å². The quantitative estimate of drug-likeness (QED) is 0.223. The lowest BCUT2D eigenvalue weighted by atomic mass is 10.3. The molecule has 0 amide bonds. The zero-order chi connectivity index (χ0) is 21.1. The highest BCUT2D eigenvalue weighted by Crippen LogP contribution is 2.47. The number of azo groups is 1. The molecule has 0 saturated heterocycles. The van der Waals surface area contributed by atoms with Crippen molar-refractivity contribution in [3.63, 3.8) is 0 Å². The van der Waals surface area contributed by atoms with Crippen LogP contribution in [-0.4, -0.2) is 35.8 Å². The van der Waals surface area contributed by atoms with Gasteiger partial charge in [-0.15, -0.1) is 5.11 Å². The Morgan fingerprint density at radius 2 is 1.76 bits per heavy atom. The Labute approximate surface area is 172 Å². The average molecular weight is 422 g/mol. The summed E-state index contributed by atoms with van der Waals surface area (Å²) in [5.74, 6) is 0.828. The third-order valence-corrected chi connectivity index (χ3v) is 6.10. The van der Waals surface area contributed by atoms with Crippen molar-refractivity contribution in [2.45, 2.75) is 47.1 Å². The molecule has 0 atom stereocenters. The minimum atomic E-state index is -3.10. The van der Waals surface area contributed by atoms with E-state index >= 15 is 0 Å². The lowest BCUT2D eigenvalue weighted by Crippen LogP contribution is -2.08. The summed E-state index contributed by atoms with van der Waals surface area (Å²) in [6.07, 6.45) is 4.18. The maximum Gasteiger partial charge on any atom is 0.332 e. The van der Waals surface area contributed by atoms with E-state index in [1.54, 1.807) is 24.7 Å². The molecule has 9 heteroatoms. The van der Waals surface area contributed by atoms with Gasteiger partial charge in [0.1, 0.15) is 11.4 Å². The van der Waals surface area contributed by atoms with Gasteiger partial charge in [0.25, 0.3) is 0 Å². The van der Waals surface area contributed by atoms with Gasteiger partial charge in [-0.1, -0.05) is 13.3 Å². The van der Waals surface area contributed by atoms with Crippen LogP contribution in [0.25, 0.3) is 0 Å². The van der Waals surface area contributed by atoms with Crippen molar-refractivity contribution in [3.05, 3.63) is 36.2 Å². The fraction of sp³-hybridized carbons (Fsp3) is 0.550. The molecule has 1 aromatic heterocycles. The molecule has 0 aliphatic heterocycles. The van der Waals surface area contributed by atoms with Crippen molar-refractivity contribution >= 4 is 19.0 Å². The molecule has 160 valence electrons. The van der Waals surface area contributed by atoms with E-state index in [0.29, 0.717) is 25.4 Å². The first kappa shape index (κ1) is 23.3. The number of ether oxygens (including phenoxy) is 1. The summed E-state index contributed by atoms with van der Waals surface area (Å²) in [6.45, 7) is 9.41. The summed E-state index contributed by atoms with van der Waals surface area (Å²) in [7, 11) is -3.10. The Morgan fingerprint density at radius 3 is 2.38 bits per heavy atom. The van der Waals surface area contributed by atoms with E-state index in [1.165, 1.54) is 0 Å². The molecule has 0 radical (unpaired) electrons. The summed E-state index contributed by atoms with van der Waals surface area (Å²) >= 11 is 0. The van der Waals surface area contributed by atoms with E-state index < -0.39 is 7.60 Å². The molecule has 0 aliphatic carbocycles. The van der Waals surface area contributed by atoms with Crippen molar-refractivity contribution in [2.24, 2.45) is 10.2 Å². The summed E-state index contributed by atoms with van der Waals surface area (Å²) in [6, 6.07) is 7.51. The number of benzene rings is 1. The first-order valence-corrected chi connectivity index (χ1v) is 11.8. The second-order valence-corrected chi connectivity index (χ2v) is 8.61. The molecule has 29 heavy (non-hydrogen) atoms. The van der Waals surface area contributed by atoms with Crippen molar-refractivity contribution in [2.75, 3.05) is 26.0 Å². The van der Waals surface area contributed by atoms with Gasteiger partial charge in [0.05, 0.1) is 50.1 Å². The monoisotopic (exact) mass is 422 g/mol. The number of hydrogen-bond donors (Lipinski definition) is 0. The Bertz CT molecular complexity index is 810. The Kier molecular flexibility index (Phi) is 9.51. The van der Waals surface area contributed by atoms with Crippen LogP contribution in [-0.2, 0) is 20.2 Å². The van der Waals surface area contributed by atoms with Gasteiger partial charge >= 0.3 is 7.60 Å². The second kappa shape index (κ2) is 11.9. The molecule has 2 rings (SSSR count). The zero-order valence-electron chi connectivity index (χ0n) is 17.7. The number of nitrogens with zero attached hydrogens (tertiary/aromatic N) is 4. The summed E-state index contributed by atoms with van der Waals surface area (Å²) in [4.78, 5) is 0. The van der Waals surface area contributed by atoms with Gasteiger partial charge in [0.2, 0.25) is 0 Å². The van der Waals surface area contributed by atoms with Crippen LogP contribution in [0.5, 0.6) is 5.75 Å². The highest BCUT2D eigenvalue weighted by Gasteiger charge is 2.23. The van der Waals surface area contributed by atoms with E-state index in [-0.39, 0.29) is 6.16 Å². The molecule has 0 N–H and O–H groups in total. The van der Waals surface area contributed by atoms with Gasteiger partial charge < -0.3 is 13.8 Å². The Hall–Kier alpha value is -2.02. The highest BCUT2D eigenvalue weighted by molar-refractivity contribution is 7.53. The predicted molar refractivity (Wildman–Crippen MR) is 114 cm³/mol. The fourth-order valence-electron chi connectivity index (χ4n) is 2.56. The molecular weight excluding hydrogens is 391 g/mol. The maximum absolute atomic E-state index is 12.6. The molecule has 0 fully saturated rings. The molecule has 0 spiro atoms. The van der Waals surface area contributed by atoms with Crippen LogP contribution in [0.3, 0.4) is 0 Å². The van der Waals surface area contributed by atoms with E-state index in [4.69, 9.17) is 13.8 Å². The van der Waals surface area contributed by atoms with Crippen LogP contribution in [0.1, 0.15) is 39.3 Å². The lowest BCUT2D eigenvalue weighted by molar-refractivity contribution is 0.218. The molecule has 1 heterocycles. The molecular formula is C20H31N4O4P. The molecule has 2 aromatic rings. The van der Waals surface area contributed by atoms with Crippen molar-refractivity contribution in [1.82, 2.24) is 9.78 Å². The molecule has 0 saturated carbocycles. The number of hydrogen-bond acceptors (Lipinski definition) is 7. The van der Waals surface area contributed by atoms with Gasteiger partial charge in [-0.2, -0.15) is 10.2 Å². The molecule has 0 aliphatic rings. The topological polar surface area (TPSA) is 87.3 Å². The van der Waals surface area contributed by atoms with Crippen LogP contribution in [0.15, 0.2) is 40.7 Å². The summed E-state index contributed by atoms with van der Waals surface area (Å²) < 4.78 is 30.5. The second-order valence-electron chi connectivity index (χ2n) is 6.43. The van der Waals surface area contributed by atoms with Crippen LogP contribution in [0.2, 0.25) is 0 Å². The number of rotatable bonds is 13. The molecule has 0 unspecified atom stereocenters. The van der Waals surface area contributed by atoms with Crippen molar-refractivity contribution in [1.29, 1.82) is 0 Å². The zero-order valence-corrected chi connectivity index (χ0v) is 18.6. The fourth-order valence-corrected chi connectivity index (χ4v) is 4.13. The minimum absolute atomic E-state index is 0.256. The van der Waals surface area contributed by atoms with E-state index in [1.807, 2.05) is 31.2 Å². The van der Waals surface area contributed by atoms with Crippen LogP contribution in [0.4, 0.5) is 11.4 Å². The first-order chi connectivity index (χ1) is 14.0. The van der Waals surface area contributed by atoms with Gasteiger partial charge in [-0.3, -0.25) is 9.25 Å². The normalized spacial score (nSPS) is 12.0. The third-order valence-electron chi connectivity index (χ3n) is 4.05. The predicted octanol–water partition coefficient (Wildman–Crippen LogP) is 6.05. The SMILES string of the molecule is CCCCOc1ccc(N=Nc2cn(CCP(=O)(OCC)OCC)nc2C)cc1. The van der Waals surface area contributed by atoms with Crippen LogP contribution >= 0.6 is 7.60 Å². The van der Waals surface area contributed by atoms with Gasteiger partial charge in [0, 0.05) is 0 Å². The summed E-state index contributed by atoms with van der Waals surface area (Å²) in [5.41, 5.74) is 2.14. The summed E-state index contributed by atoms with van der Waals surface area (Å²) in [5, 5.41) is 13.0. The Morgan fingerprint density at radius 1 is 1.07 bits per heavy atom.